The van der Waals surface area contributed by atoms with Gasteiger partial charge in [0.05, 0.1) is 16.8 Å². The first-order valence-electron chi connectivity index (χ1n) is 6.99. The van der Waals surface area contributed by atoms with Crippen molar-refractivity contribution in [1.29, 1.82) is 0 Å². The Labute approximate surface area is 138 Å². The van der Waals surface area contributed by atoms with E-state index in [1.807, 2.05) is 24.4 Å². The topological polar surface area (TPSA) is 79.5 Å². The third-order valence-corrected chi connectivity index (χ3v) is 4.83. The normalized spacial score (nSPS) is 17.9. The number of carbonyl (C=O) groups is 1. The molecule has 2 aromatic heterocycles. The van der Waals surface area contributed by atoms with Gasteiger partial charge < -0.3 is 9.63 Å². The number of aliphatic carboxylic acids is 1. The van der Waals surface area contributed by atoms with Crippen molar-refractivity contribution in [3.8, 4) is 10.7 Å². The number of rotatable bonds is 4. The molecule has 0 amide bonds. The largest absolute Gasteiger partial charge is 0.481 e. The van der Waals surface area contributed by atoms with Gasteiger partial charge in [-0.1, -0.05) is 11.2 Å². The zero-order chi connectivity index (χ0) is 14.8. The summed E-state index contributed by atoms with van der Waals surface area (Å²) >= 11 is 1.58. The van der Waals surface area contributed by atoms with Gasteiger partial charge in [0.15, 0.2) is 0 Å². The van der Waals surface area contributed by atoms with Crippen LogP contribution in [-0.4, -0.2) is 39.2 Å². The lowest BCUT2D eigenvalue weighted by molar-refractivity contribution is -0.143. The van der Waals surface area contributed by atoms with Crippen LogP contribution in [0.5, 0.6) is 0 Å². The summed E-state index contributed by atoms with van der Waals surface area (Å²) in [6.45, 7) is 3.51. The minimum absolute atomic E-state index is 0. The SMILES string of the molecule is CC(c1nc(-c2cccs2)no1)N1CCC(C(=O)O)CC1.Cl. The Hall–Kier alpha value is -1.44. The molecule has 3 heterocycles. The molecule has 1 unspecified atom stereocenters. The predicted molar refractivity (Wildman–Crippen MR) is 85.2 cm³/mol. The number of hydrogen-bond donors (Lipinski definition) is 1. The number of nitrogens with zero attached hydrogens (tertiary/aromatic N) is 3. The molecule has 8 heteroatoms. The number of aromatic nitrogens is 2. The van der Waals surface area contributed by atoms with Gasteiger partial charge in [-0.15, -0.1) is 23.7 Å². The van der Waals surface area contributed by atoms with E-state index in [9.17, 15) is 4.79 Å². The number of likely N-dealkylation sites (tertiary alicyclic amines) is 1. The van der Waals surface area contributed by atoms with Gasteiger partial charge in [-0.05, 0) is 44.3 Å². The van der Waals surface area contributed by atoms with E-state index >= 15 is 0 Å². The Morgan fingerprint density at radius 1 is 1.50 bits per heavy atom. The lowest BCUT2D eigenvalue weighted by Gasteiger charge is -2.32. The summed E-state index contributed by atoms with van der Waals surface area (Å²) in [5.74, 6) is 0.289. The minimum atomic E-state index is -0.694. The van der Waals surface area contributed by atoms with Crippen molar-refractivity contribution < 1.29 is 14.4 Å². The zero-order valence-corrected chi connectivity index (χ0v) is 13.8. The third kappa shape index (κ3) is 3.48. The van der Waals surface area contributed by atoms with Crippen molar-refractivity contribution in [3.05, 3.63) is 23.4 Å². The Bertz CT molecular complexity index is 609. The average Bonchev–Trinajstić information content (AvgIpc) is 3.17. The van der Waals surface area contributed by atoms with Crippen LogP contribution in [0.4, 0.5) is 0 Å². The van der Waals surface area contributed by atoms with Crippen LogP contribution in [0.15, 0.2) is 22.0 Å². The van der Waals surface area contributed by atoms with Crippen LogP contribution in [0.1, 0.15) is 31.7 Å². The van der Waals surface area contributed by atoms with E-state index in [0.29, 0.717) is 24.6 Å². The highest BCUT2D eigenvalue weighted by molar-refractivity contribution is 7.13. The maximum absolute atomic E-state index is 11.0. The smallest absolute Gasteiger partial charge is 0.306 e. The van der Waals surface area contributed by atoms with E-state index in [1.54, 1.807) is 11.3 Å². The fourth-order valence-electron chi connectivity index (χ4n) is 2.60. The van der Waals surface area contributed by atoms with Gasteiger partial charge in [-0.3, -0.25) is 9.69 Å². The Kier molecular flexibility index (Phi) is 5.55. The summed E-state index contributed by atoms with van der Waals surface area (Å²) in [7, 11) is 0. The molecule has 1 aliphatic rings. The first-order chi connectivity index (χ1) is 10.1. The Morgan fingerprint density at radius 3 is 2.82 bits per heavy atom. The van der Waals surface area contributed by atoms with Crippen molar-refractivity contribution in [3.63, 3.8) is 0 Å². The highest BCUT2D eigenvalue weighted by atomic mass is 35.5. The summed E-state index contributed by atoms with van der Waals surface area (Å²) < 4.78 is 5.37. The quantitative estimate of drug-likeness (QED) is 0.919. The molecule has 1 aliphatic heterocycles. The summed E-state index contributed by atoms with van der Waals surface area (Å²) in [6.07, 6.45) is 1.34. The van der Waals surface area contributed by atoms with Crippen LogP contribution in [0.25, 0.3) is 10.7 Å². The average molecular weight is 344 g/mol. The molecule has 0 saturated carbocycles. The molecule has 120 valence electrons. The van der Waals surface area contributed by atoms with Gasteiger partial charge in [0, 0.05) is 0 Å². The fourth-order valence-corrected chi connectivity index (χ4v) is 3.25. The molecule has 0 aromatic carbocycles. The molecular formula is C14H18ClN3O3S. The van der Waals surface area contributed by atoms with E-state index in [1.165, 1.54) is 0 Å². The lowest BCUT2D eigenvalue weighted by Crippen LogP contribution is -2.37. The van der Waals surface area contributed by atoms with Gasteiger partial charge in [0.2, 0.25) is 11.7 Å². The van der Waals surface area contributed by atoms with E-state index in [2.05, 4.69) is 15.0 Å². The monoisotopic (exact) mass is 343 g/mol. The van der Waals surface area contributed by atoms with E-state index in [-0.39, 0.29) is 24.4 Å². The molecule has 1 atom stereocenters. The number of thiophene rings is 1. The number of hydrogen-bond acceptors (Lipinski definition) is 6. The molecule has 0 spiro atoms. The van der Waals surface area contributed by atoms with Gasteiger partial charge in [-0.2, -0.15) is 4.98 Å². The highest BCUT2D eigenvalue weighted by Gasteiger charge is 2.29. The number of halogens is 1. The van der Waals surface area contributed by atoms with Crippen molar-refractivity contribution >= 4 is 29.7 Å². The Balaban J connectivity index is 0.00000176. The van der Waals surface area contributed by atoms with E-state index < -0.39 is 5.97 Å². The summed E-state index contributed by atoms with van der Waals surface area (Å²) in [5.41, 5.74) is 0. The van der Waals surface area contributed by atoms with Crippen LogP contribution in [0, 0.1) is 5.92 Å². The van der Waals surface area contributed by atoms with Gasteiger partial charge >= 0.3 is 5.97 Å². The second-order valence-corrected chi connectivity index (χ2v) is 6.21. The molecule has 1 fully saturated rings. The number of carboxylic acid groups (broad SMARTS) is 1. The molecule has 6 nitrogen and oxygen atoms in total. The molecular weight excluding hydrogens is 326 g/mol. The summed E-state index contributed by atoms with van der Waals surface area (Å²) in [6, 6.07) is 3.93. The van der Waals surface area contributed by atoms with Crippen molar-refractivity contribution in [1.82, 2.24) is 15.0 Å². The molecule has 2 aromatic rings. The molecule has 1 saturated heterocycles. The maximum atomic E-state index is 11.0. The fraction of sp³-hybridized carbons (Fsp3) is 0.500. The molecule has 22 heavy (non-hydrogen) atoms. The molecule has 1 N–H and O–H groups in total. The van der Waals surface area contributed by atoms with Crippen molar-refractivity contribution in [2.75, 3.05) is 13.1 Å². The van der Waals surface area contributed by atoms with Gasteiger partial charge in [0.25, 0.3) is 0 Å². The summed E-state index contributed by atoms with van der Waals surface area (Å²) in [4.78, 5) is 18.6. The summed E-state index contributed by atoms with van der Waals surface area (Å²) in [5, 5.41) is 15.0. The second-order valence-electron chi connectivity index (χ2n) is 5.26. The van der Waals surface area contributed by atoms with Crippen LogP contribution in [0.2, 0.25) is 0 Å². The van der Waals surface area contributed by atoms with Crippen LogP contribution >= 0.6 is 23.7 Å². The molecule has 3 rings (SSSR count). The molecule has 0 aliphatic carbocycles. The van der Waals surface area contributed by atoms with Gasteiger partial charge in [0.1, 0.15) is 0 Å². The second kappa shape index (κ2) is 7.21. The first-order valence-corrected chi connectivity index (χ1v) is 7.87. The van der Waals surface area contributed by atoms with E-state index in [4.69, 9.17) is 9.63 Å². The van der Waals surface area contributed by atoms with Crippen LogP contribution in [0.3, 0.4) is 0 Å². The predicted octanol–water partition coefficient (Wildman–Crippen LogP) is 3.08. The minimum Gasteiger partial charge on any atom is -0.481 e. The Morgan fingerprint density at radius 2 is 2.23 bits per heavy atom. The van der Waals surface area contributed by atoms with Crippen LogP contribution in [-0.2, 0) is 4.79 Å². The highest BCUT2D eigenvalue weighted by Crippen LogP contribution is 2.28. The van der Waals surface area contributed by atoms with E-state index in [0.717, 1.165) is 18.0 Å². The molecule has 0 radical (unpaired) electrons. The number of carboxylic acids is 1. The maximum Gasteiger partial charge on any atom is 0.306 e. The molecule has 0 bridgehead atoms. The zero-order valence-electron chi connectivity index (χ0n) is 12.1. The van der Waals surface area contributed by atoms with Crippen molar-refractivity contribution in [2.45, 2.75) is 25.8 Å². The van der Waals surface area contributed by atoms with Gasteiger partial charge in [-0.25, -0.2) is 0 Å². The van der Waals surface area contributed by atoms with Crippen LogP contribution < -0.4 is 0 Å². The third-order valence-electron chi connectivity index (χ3n) is 3.97. The first kappa shape index (κ1) is 16.9. The van der Waals surface area contributed by atoms with Crippen molar-refractivity contribution in [2.24, 2.45) is 5.92 Å². The number of piperidine rings is 1. The standard InChI is InChI=1S/C14H17N3O3S.ClH/c1-9(17-6-4-10(5-7-17)14(18)19)13-15-12(16-20-13)11-3-2-8-21-11;/h2-3,8-10H,4-7H2,1H3,(H,18,19);1H. The lowest BCUT2D eigenvalue weighted by atomic mass is 9.96.